The molecule has 2 heteroatoms. The molecule has 0 nitrogen and oxygen atoms in total. The van der Waals surface area contributed by atoms with Gasteiger partial charge in [-0.1, -0.05) is 0 Å². The molecule has 0 saturated heterocycles. The Hall–Kier alpha value is 0.563. The van der Waals surface area contributed by atoms with E-state index in [2.05, 4.69) is 4.26 Å². The van der Waals surface area contributed by atoms with Gasteiger partial charge >= 0.3 is 42.6 Å². The summed E-state index contributed by atoms with van der Waals surface area (Å²) in [5.74, 6) is 0. The Labute approximate surface area is 43.0 Å². The summed E-state index contributed by atoms with van der Waals surface area (Å²) < 4.78 is 2.84. The van der Waals surface area contributed by atoms with Gasteiger partial charge in [0.1, 0.15) is 0 Å². The van der Waals surface area contributed by atoms with Crippen molar-refractivity contribution in [3.8, 4) is 0 Å². The molecule has 0 atom stereocenters. The van der Waals surface area contributed by atoms with Crippen LogP contribution in [0.2, 0.25) is 0 Å². The molecule has 0 N–H and O–H groups in total. The van der Waals surface area contributed by atoms with E-state index in [0.29, 0.717) is 0 Å². The molecule has 0 bridgehead atoms. The monoisotopic (exact) mass is 177 g/mol. The van der Waals surface area contributed by atoms with E-state index in [1.807, 2.05) is 13.0 Å². The third-order valence-corrected chi connectivity index (χ3v) is 1.29. The van der Waals surface area contributed by atoms with Gasteiger partial charge in [0.05, 0.1) is 0 Å². The van der Waals surface area contributed by atoms with Gasteiger partial charge in [-0.05, 0) is 0 Å². The Morgan fingerprint density at radius 1 is 2.00 bits per heavy atom. The van der Waals surface area contributed by atoms with E-state index in [-0.39, 0.29) is 15.7 Å². The van der Waals surface area contributed by atoms with Crippen molar-refractivity contribution in [1.82, 2.24) is 0 Å². The zero-order valence-corrected chi connectivity index (χ0v) is 5.30. The molecular weight excluding hydrogens is 173 g/mol. The number of hydrogen-bond acceptors (Lipinski definition) is 0. The number of halogens is 1. The van der Waals surface area contributed by atoms with Gasteiger partial charge < -0.3 is 0 Å². The summed E-state index contributed by atoms with van der Waals surface area (Å²) in [5, 5.41) is 0. The van der Waals surface area contributed by atoms with E-state index in [0.717, 1.165) is 0 Å². The van der Waals surface area contributed by atoms with Crippen LogP contribution in [-0.4, -0.2) is 4.26 Å². The van der Waals surface area contributed by atoms with Crippen LogP contribution in [0.5, 0.6) is 0 Å². The molecular formula is C3H4ClRu. The van der Waals surface area contributed by atoms with E-state index in [1.54, 1.807) is 0 Å². The molecule has 0 heterocycles. The topological polar surface area (TPSA) is 0 Å². The fraction of sp³-hybridized carbons (Fsp3) is 0.333. The number of rotatable bonds is 0. The molecule has 0 aliphatic carbocycles. The Morgan fingerprint density at radius 2 is 2.60 bits per heavy atom. The van der Waals surface area contributed by atoms with Gasteiger partial charge in [-0.2, -0.15) is 0 Å². The molecule has 0 fully saturated rings. The summed E-state index contributed by atoms with van der Waals surface area (Å²) in [7, 11) is 5.25. The molecule has 0 unspecified atom stereocenters. The van der Waals surface area contributed by atoms with Crippen LogP contribution in [-0.2, 0) is 15.7 Å². The summed E-state index contributed by atoms with van der Waals surface area (Å²) in [6, 6.07) is 0. The van der Waals surface area contributed by atoms with Crippen LogP contribution in [0.25, 0.3) is 0 Å². The van der Waals surface area contributed by atoms with Gasteiger partial charge in [-0.3, -0.25) is 0 Å². The summed E-state index contributed by atoms with van der Waals surface area (Å²) in [6.45, 7) is 1.91. The van der Waals surface area contributed by atoms with Gasteiger partial charge in [0, 0.05) is 0 Å². The Kier molecular flexibility index (Phi) is 5.08. The van der Waals surface area contributed by atoms with Crippen molar-refractivity contribution in [3.05, 3.63) is 6.08 Å². The average Bonchev–Trinajstić information content (AvgIpc) is 1.41. The van der Waals surface area contributed by atoms with Gasteiger partial charge in [-0.15, -0.1) is 0 Å². The molecule has 0 spiro atoms. The van der Waals surface area contributed by atoms with E-state index in [4.69, 9.17) is 9.69 Å². The van der Waals surface area contributed by atoms with Gasteiger partial charge in [0.2, 0.25) is 0 Å². The average molecular weight is 177 g/mol. The first kappa shape index (κ1) is 5.56. The Morgan fingerprint density at radius 3 is 2.60 bits per heavy atom. The van der Waals surface area contributed by atoms with E-state index in [1.165, 1.54) is 0 Å². The van der Waals surface area contributed by atoms with Crippen LogP contribution < -0.4 is 0 Å². The fourth-order valence-electron chi connectivity index (χ4n) is 0.0386. The van der Waals surface area contributed by atoms with Crippen molar-refractivity contribution < 1.29 is 15.7 Å². The zero-order chi connectivity index (χ0) is 4.12. The van der Waals surface area contributed by atoms with Crippen LogP contribution >= 0.6 is 9.69 Å². The Bertz CT molecular complexity index is 55.3. The van der Waals surface area contributed by atoms with Gasteiger partial charge in [0.25, 0.3) is 0 Å². The predicted molar refractivity (Wildman–Crippen MR) is 21.1 cm³/mol. The second-order valence-corrected chi connectivity index (χ2v) is 2.08. The van der Waals surface area contributed by atoms with Crippen molar-refractivity contribution in [1.29, 1.82) is 0 Å². The quantitative estimate of drug-likeness (QED) is 0.487. The van der Waals surface area contributed by atoms with Crippen LogP contribution in [0.3, 0.4) is 0 Å². The normalized spacial score (nSPS) is 6.00. The van der Waals surface area contributed by atoms with Crippen molar-refractivity contribution in [2.24, 2.45) is 0 Å². The molecule has 31 valence electrons. The van der Waals surface area contributed by atoms with E-state index >= 15 is 0 Å². The van der Waals surface area contributed by atoms with Crippen molar-refractivity contribution >= 4 is 14.0 Å². The van der Waals surface area contributed by atoms with Crippen molar-refractivity contribution in [3.63, 3.8) is 0 Å². The molecule has 0 aromatic rings. The Balaban J connectivity index is 3.26. The van der Waals surface area contributed by atoms with Gasteiger partial charge in [0.15, 0.2) is 0 Å². The third-order valence-electron chi connectivity index (χ3n) is 0.141. The third kappa shape index (κ3) is 4.56. The minimum absolute atomic E-state index is 0.0921. The molecule has 5 heavy (non-hydrogen) atoms. The molecule has 0 rings (SSSR count). The molecule has 0 amide bonds. The standard InChI is InChI=1S/C3H4.ClH.Ru/c1-3-2;;/h3H,1H3;1H;/q;;+1/p-1. The molecule has 0 aliphatic rings. The number of hydrogen-bond donors (Lipinski definition) is 0. The summed E-state index contributed by atoms with van der Waals surface area (Å²) in [4.78, 5) is 0. The summed E-state index contributed by atoms with van der Waals surface area (Å²) >= 11 is -0.0921. The van der Waals surface area contributed by atoms with Crippen LogP contribution in [0.1, 0.15) is 6.92 Å². The van der Waals surface area contributed by atoms with Gasteiger partial charge in [-0.25, -0.2) is 0 Å². The van der Waals surface area contributed by atoms with Crippen molar-refractivity contribution in [2.45, 2.75) is 6.92 Å². The first-order valence-corrected chi connectivity index (χ1v) is 4.28. The SMILES string of the molecule is CC=[C]=[Ru][Cl]. The van der Waals surface area contributed by atoms with Crippen LogP contribution in [0.15, 0.2) is 6.08 Å². The molecule has 0 aromatic heterocycles. The fourth-order valence-corrected chi connectivity index (χ4v) is 0.685. The van der Waals surface area contributed by atoms with E-state index in [9.17, 15) is 0 Å². The molecule has 0 radical (unpaired) electrons. The second kappa shape index (κ2) is 4.56. The molecule has 0 aliphatic heterocycles. The maximum absolute atomic E-state index is 5.25. The van der Waals surface area contributed by atoms with Crippen molar-refractivity contribution in [2.75, 3.05) is 0 Å². The molecule has 0 saturated carbocycles. The maximum atomic E-state index is 5.25. The first-order valence-electron chi connectivity index (χ1n) is 1.18. The zero-order valence-electron chi connectivity index (χ0n) is 2.81. The van der Waals surface area contributed by atoms with E-state index < -0.39 is 0 Å². The summed E-state index contributed by atoms with van der Waals surface area (Å²) in [6.07, 6.45) is 1.84. The van der Waals surface area contributed by atoms with Crippen LogP contribution in [0.4, 0.5) is 0 Å². The predicted octanol–water partition coefficient (Wildman–Crippen LogP) is 1.20. The minimum atomic E-state index is -0.0921. The summed E-state index contributed by atoms with van der Waals surface area (Å²) in [5.41, 5.74) is 0. The van der Waals surface area contributed by atoms with Crippen LogP contribution in [0, 0.1) is 0 Å². The number of allylic oxidation sites excluding steroid dienone is 1. The first-order chi connectivity index (χ1) is 2.41. The second-order valence-electron chi connectivity index (χ2n) is 0.458. The molecule has 0 aromatic carbocycles.